The van der Waals surface area contributed by atoms with Crippen molar-refractivity contribution >= 4 is 11.6 Å². The number of carbonyl (C=O) groups excluding carboxylic acids is 1. The topological polar surface area (TPSA) is 50.4 Å². The maximum absolute atomic E-state index is 12.4. The molecule has 4 nitrogen and oxygen atoms in total. The molecule has 2 rings (SSSR count). The molecule has 2 N–H and O–H groups in total. The van der Waals surface area contributed by atoms with Crippen LogP contribution in [0.2, 0.25) is 0 Å². The molecule has 1 heterocycles. The van der Waals surface area contributed by atoms with Crippen molar-refractivity contribution in [3.05, 3.63) is 24.3 Å². The van der Waals surface area contributed by atoms with Gasteiger partial charge in [-0.05, 0) is 31.5 Å². The Hall–Kier alpha value is -1.76. The predicted octanol–water partition coefficient (Wildman–Crippen LogP) is 2.91. The van der Waals surface area contributed by atoms with Crippen LogP contribution in [0.5, 0.6) is 5.75 Å². The summed E-state index contributed by atoms with van der Waals surface area (Å²) in [5.41, 5.74) is -0.551. The molecule has 1 aliphatic heterocycles. The Labute approximate surface area is 120 Å². The van der Waals surface area contributed by atoms with Gasteiger partial charge in [0.2, 0.25) is 5.91 Å². The number of halogens is 3. The molecule has 1 atom stereocenters. The zero-order valence-electron chi connectivity index (χ0n) is 11.6. The fourth-order valence-electron chi connectivity index (χ4n) is 2.44. The highest BCUT2D eigenvalue weighted by Crippen LogP contribution is 2.34. The van der Waals surface area contributed by atoms with Crippen LogP contribution < -0.4 is 15.4 Å². The molecule has 1 saturated heterocycles. The van der Waals surface area contributed by atoms with Crippen LogP contribution in [-0.4, -0.2) is 25.4 Å². The lowest BCUT2D eigenvalue weighted by Crippen LogP contribution is -2.37. The number of hydrogen-bond donors (Lipinski definition) is 2. The summed E-state index contributed by atoms with van der Waals surface area (Å²) in [7, 11) is 0. The molecule has 7 heteroatoms. The van der Waals surface area contributed by atoms with Crippen LogP contribution in [-0.2, 0) is 4.79 Å². The van der Waals surface area contributed by atoms with Crippen LogP contribution in [0, 0.1) is 5.41 Å². The standard InChI is InChI=1S/C14H17F3N2O2/c1-2-13(7-8-18-9-13)12(20)19-10-5-3-4-6-11(10)21-14(15,16)17/h3-6,18H,2,7-9H2,1H3,(H,19,20). The summed E-state index contributed by atoms with van der Waals surface area (Å²) in [6.45, 7) is 3.14. The highest BCUT2D eigenvalue weighted by molar-refractivity contribution is 5.96. The first kappa shape index (κ1) is 15.6. The molecule has 0 aliphatic carbocycles. The monoisotopic (exact) mass is 302 g/mol. The summed E-state index contributed by atoms with van der Waals surface area (Å²) < 4.78 is 41.0. The molecule has 0 saturated carbocycles. The zero-order chi connectivity index (χ0) is 15.5. The smallest absolute Gasteiger partial charge is 0.404 e. The molecule has 0 aromatic heterocycles. The van der Waals surface area contributed by atoms with Gasteiger partial charge in [0.05, 0.1) is 11.1 Å². The number of rotatable bonds is 4. The van der Waals surface area contributed by atoms with E-state index in [9.17, 15) is 18.0 Å². The number of nitrogens with one attached hydrogen (secondary N) is 2. The lowest BCUT2D eigenvalue weighted by atomic mass is 9.83. The van der Waals surface area contributed by atoms with Crippen LogP contribution >= 0.6 is 0 Å². The van der Waals surface area contributed by atoms with Crippen molar-refractivity contribution in [1.82, 2.24) is 5.32 Å². The lowest BCUT2D eigenvalue weighted by molar-refractivity contribution is -0.274. The second-order valence-corrected chi connectivity index (χ2v) is 5.06. The zero-order valence-corrected chi connectivity index (χ0v) is 11.6. The van der Waals surface area contributed by atoms with Crippen molar-refractivity contribution in [2.45, 2.75) is 26.1 Å². The summed E-state index contributed by atoms with van der Waals surface area (Å²) in [6, 6.07) is 5.53. The molecule has 0 radical (unpaired) electrons. The Balaban J connectivity index is 2.17. The summed E-state index contributed by atoms with van der Waals surface area (Å²) in [5.74, 6) is -0.691. The third-order valence-electron chi connectivity index (χ3n) is 3.76. The molecule has 1 unspecified atom stereocenters. The lowest BCUT2D eigenvalue weighted by Gasteiger charge is -2.25. The van der Waals surface area contributed by atoms with E-state index in [1.54, 1.807) is 6.07 Å². The Kier molecular flexibility index (Phi) is 4.41. The number of benzene rings is 1. The first-order chi connectivity index (χ1) is 9.86. The molecule has 21 heavy (non-hydrogen) atoms. The minimum absolute atomic E-state index is 0.0274. The van der Waals surface area contributed by atoms with Crippen molar-refractivity contribution in [2.24, 2.45) is 5.41 Å². The van der Waals surface area contributed by atoms with Crippen LogP contribution in [0.15, 0.2) is 24.3 Å². The summed E-state index contributed by atoms with van der Waals surface area (Å²) >= 11 is 0. The second-order valence-electron chi connectivity index (χ2n) is 5.06. The molecule has 1 aliphatic rings. The largest absolute Gasteiger partial charge is 0.573 e. The molecular weight excluding hydrogens is 285 g/mol. The van der Waals surface area contributed by atoms with Gasteiger partial charge in [-0.25, -0.2) is 0 Å². The Morgan fingerprint density at radius 3 is 2.71 bits per heavy atom. The second kappa shape index (κ2) is 5.93. The number of anilines is 1. The van der Waals surface area contributed by atoms with Gasteiger partial charge in [0.25, 0.3) is 0 Å². The fraction of sp³-hybridized carbons (Fsp3) is 0.500. The van der Waals surface area contributed by atoms with Gasteiger partial charge in [0, 0.05) is 6.54 Å². The quantitative estimate of drug-likeness (QED) is 0.899. The van der Waals surface area contributed by atoms with Crippen molar-refractivity contribution in [3.8, 4) is 5.75 Å². The summed E-state index contributed by atoms with van der Waals surface area (Å²) in [6.07, 6.45) is -3.51. The predicted molar refractivity (Wildman–Crippen MR) is 72.0 cm³/mol. The number of amides is 1. The fourth-order valence-corrected chi connectivity index (χ4v) is 2.44. The molecule has 1 aromatic rings. The van der Waals surface area contributed by atoms with Crippen LogP contribution in [0.25, 0.3) is 0 Å². The van der Waals surface area contributed by atoms with Gasteiger partial charge in [0.1, 0.15) is 0 Å². The molecular formula is C14H17F3N2O2. The average Bonchev–Trinajstić information content (AvgIpc) is 2.89. The SMILES string of the molecule is CCC1(C(=O)Nc2ccccc2OC(F)(F)F)CCNC1. The van der Waals surface area contributed by atoms with E-state index in [0.717, 1.165) is 6.54 Å². The molecule has 0 bridgehead atoms. The normalized spacial score (nSPS) is 22.1. The summed E-state index contributed by atoms with van der Waals surface area (Å²) in [4.78, 5) is 12.4. The van der Waals surface area contributed by atoms with Crippen LogP contribution in [0.4, 0.5) is 18.9 Å². The van der Waals surface area contributed by atoms with E-state index >= 15 is 0 Å². The van der Waals surface area contributed by atoms with Crippen molar-refractivity contribution in [2.75, 3.05) is 18.4 Å². The van der Waals surface area contributed by atoms with Crippen LogP contribution in [0.1, 0.15) is 19.8 Å². The van der Waals surface area contributed by atoms with Gasteiger partial charge in [0.15, 0.2) is 5.75 Å². The number of alkyl halides is 3. The maximum Gasteiger partial charge on any atom is 0.573 e. The van der Waals surface area contributed by atoms with Crippen molar-refractivity contribution in [3.63, 3.8) is 0 Å². The van der Waals surface area contributed by atoms with E-state index in [-0.39, 0.29) is 11.6 Å². The first-order valence-corrected chi connectivity index (χ1v) is 6.73. The number of carbonyl (C=O) groups is 1. The maximum atomic E-state index is 12.4. The van der Waals surface area contributed by atoms with Crippen molar-refractivity contribution in [1.29, 1.82) is 0 Å². The Morgan fingerprint density at radius 1 is 1.43 bits per heavy atom. The third-order valence-corrected chi connectivity index (χ3v) is 3.76. The van der Waals surface area contributed by atoms with Crippen LogP contribution in [0.3, 0.4) is 0 Å². The van der Waals surface area contributed by atoms with Gasteiger partial charge < -0.3 is 15.4 Å². The first-order valence-electron chi connectivity index (χ1n) is 6.73. The number of hydrogen-bond acceptors (Lipinski definition) is 3. The third kappa shape index (κ3) is 3.66. The van der Waals surface area contributed by atoms with Gasteiger partial charge in [-0.3, -0.25) is 4.79 Å². The van der Waals surface area contributed by atoms with E-state index in [2.05, 4.69) is 15.4 Å². The molecule has 1 amide bonds. The van der Waals surface area contributed by atoms with E-state index in [1.165, 1.54) is 18.2 Å². The summed E-state index contributed by atoms with van der Waals surface area (Å²) in [5, 5.41) is 5.67. The Morgan fingerprint density at radius 2 is 2.14 bits per heavy atom. The minimum Gasteiger partial charge on any atom is -0.404 e. The average molecular weight is 302 g/mol. The van der Waals surface area contributed by atoms with Gasteiger partial charge in [-0.1, -0.05) is 19.1 Å². The van der Waals surface area contributed by atoms with E-state index in [0.29, 0.717) is 19.4 Å². The highest BCUT2D eigenvalue weighted by atomic mass is 19.4. The van der Waals surface area contributed by atoms with Gasteiger partial charge in [-0.2, -0.15) is 0 Å². The molecule has 1 fully saturated rings. The van der Waals surface area contributed by atoms with E-state index in [1.807, 2.05) is 6.92 Å². The highest BCUT2D eigenvalue weighted by Gasteiger charge is 2.40. The van der Waals surface area contributed by atoms with Crippen molar-refractivity contribution < 1.29 is 22.7 Å². The van der Waals surface area contributed by atoms with E-state index in [4.69, 9.17) is 0 Å². The molecule has 1 aromatic carbocycles. The Bertz CT molecular complexity index is 511. The molecule has 0 spiro atoms. The number of ether oxygens (including phenoxy) is 1. The minimum atomic E-state index is -4.79. The van der Waals surface area contributed by atoms with Gasteiger partial charge in [-0.15, -0.1) is 13.2 Å². The van der Waals surface area contributed by atoms with Gasteiger partial charge >= 0.3 is 6.36 Å². The number of para-hydroxylation sites is 2. The molecule has 116 valence electrons. The van der Waals surface area contributed by atoms with E-state index < -0.39 is 17.5 Å².